The molecule has 2 heteroatoms. The van der Waals surface area contributed by atoms with Crippen molar-refractivity contribution >= 4 is 0 Å². The van der Waals surface area contributed by atoms with Gasteiger partial charge in [-0.2, -0.15) is 0 Å². The Bertz CT molecular complexity index is 126. The van der Waals surface area contributed by atoms with E-state index in [9.17, 15) is 0 Å². The van der Waals surface area contributed by atoms with Crippen LogP contribution in [0.5, 0.6) is 0 Å². The molecule has 12 heavy (non-hydrogen) atoms. The predicted molar refractivity (Wildman–Crippen MR) is 51.3 cm³/mol. The van der Waals surface area contributed by atoms with E-state index in [0.29, 0.717) is 0 Å². The van der Waals surface area contributed by atoms with Crippen molar-refractivity contribution in [3.05, 3.63) is 0 Å². The fourth-order valence-corrected chi connectivity index (χ4v) is 1.84. The first-order valence-corrected chi connectivity index (χ1v) is 4.99. The van der Waals surface area contributed by atoms with Crippen LogP contribution in [-0.2, 0) is 4.74 Å². The summed E-state index contributed by atoms with van der Waals surface area (Å²) in [4.78, 5) is 0. The molecule has 0 radical (unpaired) electrons. The first-order chi connectivity index (χ1) is 5.70. The monoisotopic (exact) mass is 171 g/mol. The second kappa shape index (κ2) is 4.24. The molecule has 1 saturated carbocycles. The van der Waals surface area contributed by atoms with E-state index in [0.717, 1.165) is 19.1 Å². The maximum absolute atomic E-state index is 5.76. The number of rotatable bonds is 6. The molecule has 1 atom stereocenters. The number of ether oxygens (including phenoxy) is 1. The van der Waals surface area contributed by atoms with Gasteiger partial charge in [-0.15, -0.1) is 0 Å². The minimum Gasteiger partial charge on any atom is -0.374 e. The lowest BCUT2D eigenvalue weighted by Crippen LogP contribution is -2.39. The molecule has 1 aliphatic rings. The van der Waals surface area contributed by atoms with E-state index in [2.05, 4.69) is 19.2 Å². The fraction of sp³-hybridized carbons (Fsp3) is 1.00. The van der Waals surface area contributed by atoms with Crippen LogP contribution in [0.3, 0.4) is 0 Å². The first-order valence-electron chi connectivity index (χ1n) is 4.99. The molecular weight excluding hydrogens is 150 g/mol. The highest BCUT2D eigenvalue weighted by Crippen LogP contribution is 2.37. The van der Waals surface area contributed by atoms with E-state index in [-0.39, 0.29) is 5.60 Å². The third-order valence-corrected chi connectivity index (χ3v) is 2.46. The molecular formula is C10H21NO. The molecule has 0 amide bonds. The van der Waals surface area contributed by atoms with Crippen molar-refractivity contribution in [2.45, 2.75) is 38.7 Å². The van der Waals surface area contributed by atoms with Crippen molar-refractivity contribution in [3.8, 4) is 0 Å². The van der Waals surface area contributed by atoms with Gasteiger partial charge in [-0.3, -0.25) is 0 Å². The van der Waals surface area contributed by atoms with E-state index in [1.165, 1.54) is 19.3 Å². The summed E-state index contributed by atoms with van der Waals surface area (Å²) in [6, 6.07) is 0. The minimum atomic E-state index is 0.0741. The Labute approximate surface area is 75.7 Å². The number of hydrogen-bond donors (Lipinski definition) is 1. The standard InChI is InChI=1S/C10H21NO/c1-4-12-10(2,8-11-3)7-9-5-6-9/h9,11H,4-8H2,1-3H3. The lowest BCUT2D eigenvalue weighted by atomic mass is 9.99. The van der Waals surface area contributed by atoms with E-state index < -0.39 is 0 Å². The molecule has 0 spiro atoms. The summed E-state index contributed by atoms with van der Waals surface area (Å²) < 4.78 is 5.76. The maximum atomic E-state index is 5.76. The Morgan fingerprint density at radius 3 is 2.58 bits per heavy atom. The number of hydrogen-bond acceptors (Lipinski definition) is 2. The summed E-state index contributed by atoms with van der Waals surface area (Å²) >= 11 is 0. The molecule has 0 aromatic heterocycles. The van der Waals surface area contributed by atoms with Gasteiger partial charge >= 0.3 is 0 Å². The largest absolute Gasteiger partial charge is 0.374 e. The van der Waals surface area contributed by atoms with Gasteiger partial charge in [-0.25, -0.2) is 0 Å². The third kappa shape index (κ3) is 3.11. The first kappa shape index (κ1) is 10.0. The fourth-order valence-electron chi connectivity index (χ4n) is 1.84. The van der Waals surface area contributed by atoms with Crippen LogP contribution in [0.1, 0.15) is 33.1 Å². The molecule has 0 aliphatic heterocycles. The average Bonchev–Trinajstić information content (AvgIpc) is 2.72. The van der Waals surface area contributed by atoms with Gasteiger partial charge in [0.2, 0.25) is 0 Å². The van der Waals surface area contributed by atoms with Crippen molar-refractivity contribution in [2.75, 3.05) is 20.2 Å². The highest BCUT2D eigenvalue weighted by Gasteiger charge is 2.33. The van der Waals surface area contributed by atoms with Crippen molar-refractivity contribution < 1.29 is 4.74 Å². The summed E-state index contributed by atoms with van der Waals surface area (Å²) in [5.41, 5.74) is 0.0741. The van der Waals surface area contributed by atoms with Crippen LogP contribution in [0.25, 0.3) is 0 Å². The van der Waals surface area contributed by atoms with Crippen molar-refractivity contribution in [1.29, 1.82) is 0 Å². The second-order valence-electron chi connectivity index (χ2n) is 4.06. The Kier molecular flexibility index (Phi) is 3.53. The van der Waals surface area contributed by atoms with Crippen LogP contribution >= 0.6 is 0 Å². The lowest BCUT2D eigenvalue weighted by Gasteiger charge is -2.29. The summed E-state index contributed by atoms with van der Waals surface area (Å²) in [6.07, 6.45) is 4.04. The van der Waals surface area contributed by atoms with Gasteiger partial charge in [0.25, 0.3) is 0 Å². The number of nitrogens with one attached hydrogen (secondary N) is 1. The highest BCUT2D eigenvalue weighted by atomic mass is 16.5. The smallest absolute Gasteiger partial charge is 0.0780 e. The SMILES string of the molecule is CCOC(C)(CNC)CC1CC1. The van der Waals surface area contributed by atoms with Gasteiger partial charge < -0.3 is 10.1 Å². The Hall–Kier alpha value is -0.0800. The molecule has 1 fully saturated rings. The average molecular weight is 171 g/mol. The van der Waals surface area contributed by atoms with Gasteiger partial charge in [0.05, 0.1) is 5.60 Å². The topological polar surface area (TPSA) is 21.3 Å². The van der Waals surface area contributed by atoms with Crippen molar-refractivity contribution in [1.82, 2.24) is 5.32 Å². The Balaban J connectivity index is 2.32. The van der Waals surface area contributed by atoms with E-state index in [4.69, 9.17) is 4.74 Å². The highest BCUT2D eigenvalue weighted by molar-refractivity contribution is 4.86. The molecule has 1 aliphatic carbocycles. The zero-order chi connectivity index (χ0) is 9.03. The molecule has 0 bridgehead atoms. The van der Waals surface area contributed by atoms with Crippen LogP contribution in [0.4, 0.5) is 0 Å². The van der Waals surface area contributed by atoms with Crippen LogP contribution in [-0.4, -0.2) is 25.8 Å². The Morgan fingerprint density at radius 2 is 2.17 bits per heavy atom. The van der Waals surface area contributed by atoms with Crippen LogP contribution in [0.15, 0.2) is 0 Å². The maximum Gasteiger partial charge on any atom is 0.0780 e. The minimum absolute atomic E-state index is 0.0741. The van der Waals surface area contributed by atoms with Crippen LogP contribution in [0, 0.1) is 5.92 Å². The molecule has 0 aromatic rings. The molecule has 0 aromatic carbocycles. The van der Waals surface area contributed by atoms with E-state index in [1.54, 1.807) is 0 Å². The zero-order valence-corrected chi connectivity index (χ0v) is 8.52. The molecule has 0 heterocycles. The summed E-state index contributed by atoms with van der Waals surface area (Å²) in [5, 5.41) is 3.20. The van der Waals surface area contributed by atoms with E-state index >= 15 is 0 Å². The number of likely N-dealkylation sites (N-methyl/N-ethyl adjacent to an activating group) is 1. The van der Waals surface area contributed by atoms with Gasteiger partial charge in [0.1, 0.15) is 0 Å². The third-order valence-electron chi connectivity index (χ3n) is 2.46. The molecule has 1 unspecified atom stereocenters. The summed E-state index contributed by atoms with van der Waals surface area (Å²) in [7, 11) is 1.99. The molecule has 72 valence electrons. The van der Waals surface area contributed by atoms with Crippen molar-refractivity contribution in [2.24, 2.45) is 5.92 Å². The molecule has 2 nitrogen and oxygen atoms in total. The molecule has 1 N–H and O–H groups in total. The summed E-state index contributed by atoms with van der Waals surface area (Å²) in [5.74, 6) is 0.940. The zero-order valence-electron chi connectivity index (χ0n) is 8.52. The van der Waals surface area contributed by atoms with Crippen LogP contribution < -0.4 is 5.32 Å². The molecule has 0 saturated heterocycles. The van der Waals surface area contributed by atoms with Gasteiger partial charge in [0.15, 0.2) is 0 Å². The summed E-state index contributed by atoms with van der Waals surface area (Å²) in [6.45, 7) is 6.08. The lowest BCUT2D eigenvalue weighted by molar-refractivity contribution is -0.0323. The van der Waals surface area contributed by atoms with Gasteiger partial charge in [-0.1, -0.05) is 12.8 Å². The van der Waals surface area contributed by atoms with Crippen molar-refractivity contribution in [3.63, 3.8) is 0 Å². The quantitative estimate of drug-likeness (QED) is 0.658. The Morgan fingerprint density at radius 1 is 1.50 bits per heavy atom. The molecule has 1 rings (SSSR count). The second-order valence-corrected chi connectivity index (χ2v) is 4.06. The normalized spacial score (nSPS) is 22.2. The van der Waals surface area contributed by atoms with E-state index in [1.807, 2.05) is 7.05 Å². The predicted octanol–water partition coefficient (Wildman–Crippen LogP) is 1.80. The van der Waals surface area contributed by atoms with Gasteiger partial charge in [-0.05, 0) is 33.2 Å². The van der Waals surface area contributed by atoms with Gasteiger partial charge in [0, 0.05) is 13.2 Å². The van der Waals surface area contributed by atoms with Crippen LogP contribution in [0.2, 0.25) is 0 Å².